The van der Waals surface area contributed by atoms with Crippen LogP contribution in [-0.2, 0) is 21.4 Å². The van der Waals surface area contributed by atoms with Crippen molar-refractivity contribution in [3.63, 3.8) is 0 Å². The minimum atomic E-state index is -3.64. The molecule has 7 nitrogen and oxygen atoms in total. The van der Waals surface area contributed by atoms with E-state index in [1.165, 1.54) is 17.8 Å². The Morgan fingerprint density at radius 2 is 1.87 bits per heavy atom. The van der Waals surface area contributed by atoms with Crippen LogP contribution in [0.1, 0.15) is 57.1 Å². The molecular weight excluding hydrogens is 420 g/mol. The van der Waals surface area contributed by atoms with Gasteiger partial charge in [-0.15, -0.1) is 11.3 Å². The first kappa shape index (κ1) is 21.5. The summed E-state index contributed by atoms with van der Waals surface area (Å²) < 4.78 is 30.7. The summed E-state index contributed by atoms with van der Waals surface area (Å²) in [5, 5.41) is 2.67. The van der Waals surface area contributed by atoms with Crippen LogP contribution in [0.5, 0.6) is 0 Å². The normalized spacial score (nSPS) is 18.6. The number of piperidine rings is 1. The summed E-state index contributed by atoms with van der Waals surface area (Å²) in [5.74, 6) is 0.0315. The topological polar surface area (TPSA) is 84.3 Å². The molecule has 2 aromatic rings. The molecule has 0 aromatic carbocycles. The molecule has 2 aliphatic rings. The highest BCUT2D eigenvalue weighted by Gasteiger charge is 2.26. The van der Waals surface area contributed by atoms with Crippen molar-refractivity contribution in [1.29, 1.82) is 0 Å². The number of carbonyl (C=O) groups excluding carboxylic acids is 1. The van der Waals surface area contributed by atoms with E-state index < -0.39 is 10.0 Å². The molecule has 1 saturated heterocycles. The standard InChI is InChI=1S/C21H30N4O3S2/c1-16-15-29-21(22-16)19-12-18(30(27,28)23-17-8-4-2-5-9-17)13-25(19)14-20(26)24-10-6-3-7-11-24/h12-13,15,17,23H,2-11,14H2,1H3. The fraction of sp³-hybridized carbons (Fsp3) is 0.619. The minimum absolute atomic E-state index is 0.00682. The molecule has 0 radical (unpaired) electrons. The zero-order valence-electron chi connectivity index (χ0n) is 17.5. The molecule has 9 heteroatoms. The van der Waals surface area contributed by atoms with Crippen LogP contribution in [0, 0.1) is 6.92 Å². The number of aromatic nitrogens is 2. The minimum Gasteiger partial charge on any atom is -0.341 e. The van der Waals surface area contributed by atoms with E-state index in [1.807, 2.05) is 17.2 Å². The highest BCUT2D eigenvalue weighted by molar-refractivity contribution is 7.89. The van der Waals surface area contributed by atoms with Gasteiger partial charge in [0.15, 0.2) is 0 Å². The summed E-state index contributed by atoms with van der Waals surface area (Å²) in [6, 6.07) is 1.65. The van der Waals surface area contributed by atoms with Crippen LogP contribution in [0.3, 0.4) is 0 Å². The van der Waals surface area contributed by atoms with Crippen LogP contribution in [0.15, 0.2) is 22.5 Å². The van der Waals surface area contributed by atoms with E-state index in [-0.39, 0.29) is 23.4 Å². The van der Waals surface area contributed by atoms with Crippen molar-refractivity contribution in [2.45, 2.75) is 75.8 Å². The first-order valence-corrected chi connectivity index (χ1v) is 13.2. The number of nitrogens with one attached hydrogen (secondary N) is 1. The van der Waals surface area contributed by atoms with Crippen molar-refractivity contribution in [2.75, 3.05) is 13.1 Å². The molecule has 30 heavy (non-hydrogen) atoms. The second-order valence-corrected chi connectivity index (χ2v) is 11.0. The van der Waals surface area contributed by atoms with E-state index >= 15 is 0 Å². The van der Waals surface area contributed by atoms with Gasteiger partial charge in [-0.3, -0.25) is 4.79 Å². The fourth-order valence-corrected chi connectivity index (χ4v) is 6.48. The van der Waals surface area contributed by atoms with Crippen LogP contribution in [0.25, 0.3) is 10.7 Å². The third-order valence-electron chi connectivity index (χ3n) is 5.96. The molecule has 1 aliphatic heterocycles. The van der Waals surface area contributed by atoms with Gasteiger partial charge in [-0.2, -0.15) is 0 Å². The Kier molecular flexibility index (Phi) is 6.60. The van der Waals surface area contributed by atoms with Crippen molar-refractivity contribution < 1.29 is 13.2 Å². The van der Waals surface area contributed by atoms with Crippen LogP contribution in [0.2, 0.25) is 0 Å². The smallest absolute Gasteiger partial charge is 0.242 e. The average Bonchev–Trinajstić information content (AvgIpc) is 3.35. The molecular formula is C21H30N4O3S2. The lowest BCUT2D eigenvalue weighted by molar-refractivity contribution is -0.132. The highest BCUT2D eigenvalue weighted by atomic mass is 32.2. The fourth-order valence-electron chi connectivity index (χ4n) is 4.31. The maximum atomic E-state index is 13.1. The summed E-state index contributed by atoms with van der Waals surface area (Å²) >= 11 is 1.47. The predicted molar refractivity (Wildman–Crippen MR) is 118 cm³/mol. The van der Waals surface area contributed by atoms with Crippen molar-refractivity contribution in [1.82, 2.24) is 19.2 Å². The molecule has 4 rings (SSSR count). The largest absolute Gasteiger partial charge is 0.341 e. The number of sulfonamides is 1. The number of amides is 1. The third kappa shape index (κ3) is 4.95. The predicted octanol–water partition coefficient (Wildman–Crippen LogP) is 3.54. The number of aryl methyl sites for hydroxylation is 1. The van der Waals surface area contributed by atoms with E-state index in [4.69, 9.17) is 0 Å². The summed E-state index contributed by atoms with van der Waals surface area (Å²) in [4.78, 5) is 19.5. The van der Waals surface area contributed by atoms with E-state index in [0.717, 1.165) is 68.7 Å². The number of thiazole rings is 1. The van der Waals surface area contributed by atoms with Gasteiger partial charge in [0.2, 0.25) is 15.9 Å². The van der Waals surface area contributed by atoms with Gasteiger partial charge in [0.25, 0.3) is 0 Å². The van der Waals surface area contributed by atoms with Gasteiger partial charge in [-0.05, 0) is 45.1 Å². The number of hydrogen-bond donors (Lipinski definition) is 1. The van der Waals surface area contributed by atoms with Crippen molar-refractivity contribution in [2.24, 2.45) is 0 Å². The molecule has 1 amide bonds. The number of hydrogen-bond acceptors (Lipinski definition) is 5. The quantitative estimate of drug-likeness (QED) is 0.729. The Hall–Kier alpha value is -1.71. The second kappa shape index (κ2) is 9.20. The summed E-state index contributed by atoms with van der Waals surface area (Å²) in [6.07, 6.45) is 9.86. The Morgan fingerprint density at radius 1 is 1.17 bits per heavy atom. The summed E-state index contributed by atoms with van der Waals surface area (Å²) in [6.45, 7) is 3.60. The van der Waals surface area contributed by atoms with Crippen molar-refractivity contribution in [3.8, 4) is 10.7 Å². The maximum absolute atomic E-state index is 13.1. The molecule has 0 spiro atoms. The third-order valence-corrected chi connectivity index (χ3v) is 8.43. The lowest BCUT2D eigenvalue weighted by Crippen LogP contribution is -2.37. The van der Waals surface area contributed by atoms with Crippen LogP contribution in [-0.4, -0.2) is 47.9 Å². The van der Waals surface area contributed by atoms with Gasteiger partial charge in [0.05, 0.1) is 5.69 Å². The summed E-state index contributed by atoms with van der Waals surface area (Å²) in [7, 11) is -3.64. The van der Waals surface area contributed by atoms with E-state index in [9.17, 15) is 13.2 Å². The molecule has 1 N–H and O–H groups in total. The summed E-state index contributed by atoms with van der Waals surface area (Å²) in [5.41, 5.74) is 1.57. The zero-order chi connectivity index (χ0) is 21.1. The van der Waals surface area contributed by atoms with Crippen molar-refractivity contribution >= 4 is 27.3 Å². The molecule has 1 saturated carbocycles. The molecule has 2 aromatic heterocycles. The molecule has 0 unspecified atom stereocenters. The monoisotopic (exact) mass is 450 g/mol. The molecule has 0 atom stereocenters. The Labute approximate surface area is 182 Å². The molecule has 164 valence electrons. The van der Waals surface area contributed by atoms with Gasteiger partial charge in [0.1, 0.15) is 16.4 Å². The Balaban J connectivity index is 1.61. The van der Waals surface area contributed by atoms with Gasteiger partial charge in [-0.25, -0.2) is 18.1 Å². The Morgan fingerprint density at radius 3 is 2.53 bits per heavy atom. The lowest BCUT2D eigenvalue weighted by Gasteiger charge is -2.27. The number of likely N-dealkylation sites (tertiary alicyclic amines) is 1. The first-order chi connectivity index (χ1) is 14.4. The van der Waals surface area contributed by atoms with Crippen molar-refractivity contribution in [3.05, 3.63) is 23.3 Å². The average molecular weight is 451 g/mol. The lowest BCUT2D eigenvalue weighted by atomic mass is 9.96. The van der Waals surface area contributed by atoms with Gasteiger partial charge in [0, 0.05) is 36.4 Å². The SMILES string of the molecule is Cc1csc(-c2cc(S(=O)(=O)NC3CCCCC3)cn2CC(=O)N2CCCCC2)n1. The number of nitrogens with zero attached hydrogens (tertiary/aromatic N) is 3. The molecule has 1 aliphatic carbocycles. The van der Waals surface area contributed by atoms with Gasteiger partial charge in [-0.1, -0.05) is 19.3 Å². The van der Waals surface area contributed by atoms with Gasteiger partial charge >= 0.3 is 0 Å². The molecule has 0 bridgehead atoms. The van der Waals surface area contributed by atoms with Crippen LogP contribution < -0.4 is 4.72 Å². The van der Waals surface area contributed by atoms with E-state index in [1.54, 1.807) is 16.8 Å². The highest BCUT2D eigenvalue weighted by Crippen LogP contribution is 2.29. The first-order valence-electron chi connectivity index (χ1n) is 10.9. The Bertz CT molecular complexity index is 984. The second-order valence-electron chi connectivity index (χ2n) is 8.38. The zero-order valence-corrected chi connectivity index (χ0v) is 19.1. The molecule has 3 heterocycles. The maximum Gasteiger partial charge on any atom is 0.242 e. The van der Waals surface area contributed by atoms with Crippen LogP contribution >= 0.6 is 11.3 Å². The van der Waals surface area contributed by atoms with E-state index in [2.05, 4.69) is 9.71 Å². The van der Waals surface area contributed by atoms with Crippen LogP contribution in [0.4, 0.5) is 0 Å². The molecule has 2 fully saturated rings. The van der Waals surface area contributed by atoms with Gasteiger partial charge < -0.3 is 9.47 Å². The number of rotatable bonds is 6. The van der Waals surface area contributed by atoms with E-state index in [0.29, 0.717) is 5.69 Å². The number of carbonyl (C=O) groups is 1.